The molecule has 0 spiro atoms. The summed E-state index contributed by atoms with van der Waals surface area (Å²) < 4.78 is 39.4. The van der Waals surface area contributed by atoms with Crippen LogP contribution in [0.4, 0.5) is 18.9 Å². The van der Waals surface area contributed by atoms with Gasteiger partial charge in [-0.25, -0.2) is 4.98 Å². The molecule has 0 saturated heterocycles. The number of benzene rings is 2. The predicted octanol–water partition coefficient (Wildman–Crippen LogP) is 6.07. The topological polar surface area (TPSA) is 70.7 Å². The van der Waals surface area contributed by atoms with Gasteiger partial charge in [-0.05, 0) is 23.8 Å². The summed E-state index contributed by atoms with van der Waals surface area (Å²) in [5.74, 6) is 0.306. The van der Waals surface area contributed by atoms with Gasteiger partial charge in [0.2, 0.25) is 11.1 Å². The van der Waals surface area contributed by atoms with Crippen molar-refractivity contribution in [1.82, 2.24) is 15.2 Å². The number of nitrogens with one attached hydrogen (secondary N) is 2. The number of hydrogen-bond donors (Lipinski definition) is 2. The standard InChI is InChI=1S/C20H18ClF3N4OS/c1-11(2)17-26-19(28-27-17)30-16(12-6-4-3-5-7-12)18(29)25-13-8-9-15(21)14(10-13)20(22,23)24/h3-11,16H,1-2H3,(H,25,29)(H,26,27,28)/t16-/m0/s1. The lowest BCUT2D eigenvalue weighted by atomic mass is 10.1. The van der Waals surface area contributed by atoms with E-state index in [-0.39, 0.29) is 11.6 Å². The van der Waals surface area contributed by atoms with E-state index in [9.17, 15) is 18.0 Å². The third-order valence-electron chi connectivity index (χ3n) is 4.13. The second kappa shape index (κ2) is 9.09. The highest BCUT2D eigenvalue weighted by molar-refractivity contribution is 8.00. The Balaban J connectivity index is 1.87. The molecule has 3 aromatic rings. The minimum absolute atomic E-state index is 0.00360. The van der Waals surface area contributed by atoms with Gasteiger partial charge in [0.1, 0.15) is 11.1 Å². The molecule has 0 aliphatic carbocycles. The van der Waals surface area contributed by atoms with E-state index >= 15 is 0 Å². The maximum Gasteiger partial charge on any atom is 0.417 e. The molecule has 2 aromatic carbocycles. The lowest BCUT2D eigenvalue weighted by Crippen LogP contribution is -2.19. The van der Waals surface area contributed by atoms with Crippen LogP contribution in [-0.2, 0) is 11.0 Å². The molecule has 10 heteroatoms. The van der Waals surface area contributed by atoms with Gasteiger partial charge >= 0.3 is 6.18 Å². The van der Waals surface area contributed by atoms with Crippen molar-refractivity contribution in [3.8, 4) is 0 Å². The van der Waals surface area contributed by atoms with E-state index in [4.69, 9.17) is 11.6 Å². The summed E-state index contributed by atoms with van der Waals surface area (Å²) in [5.41, 5.74) is -0.349. The van der Waals surface area contributed by atoms with Crippen molar-refractivity contribution < 1.29 is 18.0 Å². The molecule has 1 heterocycles. The summed E-state index contributed by atoms with van der Waals surface area (Å²) in [7, 11) is 0. The quantitative estimate of drug-likeness (QED) is 0.443. The molecule has 0 aliphatic heterocycles. The first-order valence-corrected chi connectivity index (χ1v) is 10.2. The van der Waals surface area contributed by atoms with Gasteiger partial charge in [0.05, 0.1) is 10.6 Å². The zero-order valence-corrected chi connectivity index (χ0v) is 17.6. The number of thioether (sulfide) groups is 1. The maximum absolute atomic E-state index is 13.1. The number of halogens is 4. The van der Waals surface area contributed by atoms with Crippen molar-refractivity contribution in [2.75, 3.05) is 5.32 Å². The van der Waals surface area contributed by atoms with Crippen LogP contribution >= 0.6 is 23.4 Å². The van der Waals surface area contributed by atoms with E-state index in [1.54, 1.807) is 24.3 Å². The van der Waals surface area contributed by atoms with Crippen molar-refractivity contribution >= 4 is 35.0 Å². The van der Waals surface area contributed by atoms with Crippen molar-refractivity contribution in [3.63, 3.8) is 0 Å². The second-order valence-corrected chi connectivity index (χ2v) is 8.23. The van der Waals surface area contributed by atoms with Crippen LogP contribution in [0.1, 0.15) is 42.0 Å². The minimum Gasteiger partial charge on any atom is -0.325 e. The average Bonchev–Trinajstić information content (AvgIpc) is 3.16. The summed E-state index contributed by atoms with van der Waals surface area (Å²) >= 11 is 6.76. The fourth-order valence-electron chi connectivity index (χ4n) is 2.60. The molecule has 0 saturated carbocycles. The molecule has 1 amide bonds. The number of carbonyl (C=O) groups excluding carboxylic acids is 1. The lowest BCUT2D eigenvalue weighted by molar-refractivity contribution is -0.137. The molecule has 1 atom stereocenters. The number of hydrogen-bond acceptors (Lipinski definition) is 4. The molecule has 0 radical (unpaired) electrons. The first-order valence-electron chi connectivity index (χ1n) is 8.96. The van der Waals surface area contributed by atoms with Crippen molar-refractivity contribution in [3.05, 3.63) is 70.5 Å². The van der Waals surface area contributed by atoms with Gasteiger partial charge in [-0.2, -0.15) is 13.2 Å². The number of anilines is 1. The lowest BCUT2D eigenvalue weighted by Gasteiger charge is -2.17. The van der Waals surface area contributed by atoms with Crippen LogP contribution in [0.2, 0.25) is 5.02 Å². The largest absolute Gasteiger partial charge is 0.417 e. The van der Waals surface area contributed by atoms with Crippen LogP contribution in [0, 0.1) is 0 Å². The summed E-state index contributed by atoms with van der Waals surface area (Å²) in [5, 5.41) is 8.67. The van der Waals surface area contributed by atoms with Gasteiger partial charge in [0.15, 0.2) is 0 Å². The van der Waals surface area contributed by atoms with Gasteiger partial charge in [-0.3, -0.25) is 9.89 Å². The highest BCUT2D eigenvalue weighted by atomic mass is 35.5. The number of H-pyrrole nitrogens is 1. The molecule has 158 valence electrons. The van der Waals surface area contributed by atoms with E-state index in [1.807, 2.05) is 19.9 Å². The monoisotopic (exact) mass is 454 g/mol. The molecule has 0 aliphatic rings. The molecule has 1 aromatic heterocycles. The highest BCUT2D eigenvalue weighted by Crippen LogP contribution is 2.38. The first kappa shape index (κ1) is 22.2. The summed E-state index contributed by atoms with van der Waals surface area (Å²) in [6.07, 6.45) is -4.63. The number of aromatic nitrogens is 3. The van der Waals surface area contributed by atoms with E-state index in [2.05, 4.69) is 20.5 Å². The molecule has 0 unspecified atom stereocenters. The van der Waals surface area contributed by atoms with Gasteiger partial charge < -0.3 is 5.32 Å². The average molecular weight is 455 g/mol. The van der Waals surface area contributed by atoms with E-state index < -0.39 is 27.9 Å². The minimum atomic E-state index is -4.63. The Morgan fingerprint density at radius 1 is 1.17 bits per heavy atom. The third-order valence-corrected chi connectivity index (χ3v) is 5.58. The van der Waals surface area contributed by atoms with Gasteiger partial charge in [-0.1, -0.05) is 67.5 Å². The number of amides is 1. The van der Waals surface area contributed by atoms with E-state index in [0.29, 0.717) is 16.5 Å². The van der Waals surface area contributed by atoms with Crippen LogP contribution in [-0.4, -0.2) is 21.1 Å². The van der Waals surface area contributed by atoms with E-state index in [1.165, 1.54) is 6.07 Å². The molecule has 30 heavy (non-hydrogen) atoms. The smallest absolute Gasteiger partial charge is 0.325 e. The van der Waals surface area contributed by atoms with Crippen molar-refractivity contribution in [2.45, 2.75) is 36.3 Å². The molecule has 3 rings (SSSR count). The Kier molecular flexibility index (Phi) is 6.72. The van der Waals surface area contributed by atoms with Crippen LogP contribution in [0.3, 0.4) is 0 Å². The highest BCUT2D eigenvalue weighted by Gasteiger charge is 2.34. The van der Waals surface area contributed by atoms with Crippen LogP contribution in [0.25, 0.3) is 0 Å². The number of aromatic amines is 1. The number of nitrogens with zero attached hydrogens (tertiary/aromatic N) is 2. The molecule has 5 nitrogen and oxygen atoms in total. The fraction of sp³-hybridized carbons (Fsp3) is 0.250. The summed E-state index contributed by atoms with van der Waals surface area (Å²) in [6.45, 7) is 3.91. The first-order chi connectivity index (χ1) is 14.1. The molecule has 2 N–H and O–H groups in total. The Morgan fingerprint density at radius 2 is 1.87 bits per heavy atom. The summed E-state index contributed by atoms with van der Waals surface area (Å²) in [6, 6.07) is 12.1. The van der Waals surface area contributed by atoms with E-state index in [0.717, 1.165) is 23.9 Å². The Labute approximate surface area is 180 Å². The Morgan fingerprint density at radius 3 is 2.47 bits per heavy atom. The maximum atomic E-state index is 13.1. The van der Waals surface area contributed by atoms with Crippen LogP contribution in [0.15, 0.2) is 53.7 Å². The predicted molar refractivity (Wildman–Crippen MR) is 111 cm³/mol. The summed E-state index contributed by atoms with van der Waals surface area (Å²) in [4.78, 5) is 17.4. The van der Waals surface area contributed by atoms with Gasteiger partial charge in [-0.15, -0.1) is 5.10 Å². The molecular weight excluding hydrogens is 437 g/mol. The number of carbonyl (C=O) groups is 1. The molecular formula is C20H18ClF3N4OS. The van der Waals surface area contributed by atoms with Crippen molar-refractivity contribution in [2.24, 2.45) is 0 Å². The third kappa shape index (κ3) is 5.34. The van der Waals surface area contributed by atoms with Crippen LogP contribution in [0.5, 0.6) is 0 Å². The molecule has 0 fully saturated rings. The van der Waals surface area contributed by atoms with Crippen LogP contribution < -0.4 is 5.32 Å². The normalized spacial score (nSPS) is 12.8. The number of alkyl halides is 3. The Bertz CT molecular complexity index is 1020. The van der Waals surface area contributed by atoms with Gasteiger partial charge in [0.25, 0.3) is 0 Å². The zero-order valence-electron chi connectivity index (χ0n) is 16.0. The van der Waals surface area contributed by atoms with Crippen molar-refractivity contribution in [1.29, 1.82) is 0 Å². The molecule has 0 bridgehead atoms. The fourth-order valence-corrected chi connectivity index (χ4v) is 3.75. The Hall–Kier alpha value is -2.52. The zero-order chi connectivity index (χ0) is 21.9. The number of rotatable bonds is 6. The second-order valence-electron chi connectivity index (χ2n) is 6.75. The van der Waals surface area contributed by atoms with Gasteiger partial charge in [0, 0.05) is 11.6 Å². The SMILES string of the molecule is CC(C)c1nc(S[C@H](C(=O)Nc2ccc(Cl)c(C(F)(F)F)c2)c2ccccc2)n[nH]1.